The molecule has 1 fully saturated rings. The number of nitrogens with one attached hydrogen (secondary N) is 1. The fourth-order valence-electron chi connectivity index (χ4n) is 4.18. The number of piperidine rings is 1. The van der Waals surface area contributed by atoms with Crippen LogP contribution in [0.3, 0.4) is 0 Å². The smallest absolute Gasteiger partial charge is 0.219 e. The van der Waals surface area contributed by atoms with Gasteiger partial charge in [0, 0.05) is 54.3 Å². The maximum absolute atomic E-state index is 13.4. The third kappa shape index (κ3) is 3.95. The van der Waals surface area contributed by atoms with Gasteiger partial charge in [-0.3, -0.25) is 9.79 Å². The van der Waals surface area contributed by atoms with Gasteiger partial charge in [-0.2, -0.15) is 0 Å². The molecule has 2 aromatic carbocycles. The van der Waals surface area contributed by atoms with Crippen LogP contribution in [0.15, 0.2) is 47.6 Å². The number of hydrogen-bond donors (Lipinski definition) is 1. The summed E-state index contributed by atoms with van der Waals surface area (Å²) in [4.78, 5) is 21.5. The monoisotopic (exact) mass is 391 g/mol. The third-order valence-electron chi connectivity index (χ3n) is 5.98. The topological polar surface area (TPSA) is 48.5 Å². The lowest BCUT2D eigenvalue weighted by molar-refractivity contribution is -0.129. The molecule has 29 heavy (non-hydrogen) atoms. The van der Waals surface area contributed by atoms with Gasteiger partial charge in [0.2, 0.25) is 5.91 Å². The third-order valence-corrected chi connectivity index (χ3v) is 5.98. The summed E-state index contributed by atoms with van der Waals surface area (Å²) >= 11 is 0. The average molecular weight is 391 g/mol. The number of nitrogens with zero attached hydrogens (tertiary/aromatic N) is 2. The molecule has 0 spiro atoms. The fraction of sp³-hybridized carbons (Fsp3) is 0.333. The molecule has 0 atom stereocenters. The summed E-state index contributed by atoms with van der Waals surface area (Å²) in [5, 5.41) is 1.01. The van der Waals surface area contributed by atoms with Crippen LogP contribution in [0.2, 0.25) is 0 Å². The maximum atomic E-state index is 13.4. The molecule has 1 aliphatic rings. The molecule has 1 aliphatic heterocycles. The van der Waals surface area contributed by atoms with Crippen molar-refractivity contribution in [1.29, 1.82) is 0 Å². The lowest BCUT2D eigenvalue weighted by Gasteiger charge is -2.31. The molecule has 1 saturated heterocycles. The molecule has 0 saturated carbocycles. The van der Waals surface area contributed by atoms with Gasteiger partial charge < -0.3 is 9.88 Å². The quantitative estimate of drug-likeness (QED) is 0.578. The Morgan fingerprint density at radius 1 is 1.14 bits per heavy atom. The average Bonchev–Trinajstić information content (AvgIpc) is 3.12. The number of carbonyl (C=O) groups is 1. The van der Waals surface area contributed by atoms with Crippen LogP contribution in [0.25, 0.3) is 22.0 Å². The Hall–Kier alpha value is -2.95. The second-order valence-electron chi connectivity index (χ2n) is 7.93. The molecule has 0 radical (unpaired) electrons. The van der Waals surface area contributed by atoms with Crippen LogP contribution in [0.4, 0.5) is 10.1 Å². The first-order chi connectivity index (χ1) is 13.9. The highest BCUT2D eigenvalue weighted by molar-refractivity contribution is 5.96. The van der Waals surface area contributed by atoms with Crippen LogP contribution in [-0.2, 0) is 4.79 Å². The van der Waals surface area contributed by atoms with E-state index in [9.17, 15) is 9.18 Å². The largest absolute Gasteiger partial charge is 0.360 e. The van der Waals surface area contributed by atoms with Crippen LogP contribution in [0.1, 0.15) is 32.3 Å². The first kappa shape index (κ1) is 19.4. The Bertz CT molecular complexity index is 1090. The molecule has 1 aromatic heterocycles. The molecule has 0 aliphatic carbocycles. The highest BCUT2D eigenvalue weighted by atomic mass is 19.1. The highest BCUT2D eigenvalue weighted by Crippen LogP contribution is 2.32. The van der Waals surface area contributed by atoms with E-state index < -0.39 is 0 Å². The minimum Gasteiger partial charge on any atom is -0.360 e. The number of aromatic nitrogens is 1. The maximum Gasteiger partial charge on any atom is 0.219 e. The van der Waals surface area contributed by atoms with E-state index in [1.54, 1.807) is 6.92 Å². The number of hydrogen-bond acceptors (Lipinski definition) is 2. The van der Waals surface area contributed by atoms with E-state index in [0.29, 0.717) is 5.92 Å². The van der Waals surface area contributed by atoms with Gasteiger partial charge in [-0.05, 0) is 68.1 Å². The first-order valence-corrected chi connectivity index (χ1v) is 10.1. The molecule has 4 rings (SSSR count). The Balaban J connectivity index is 1.55. The van der Waals surface area contributed by atoms with Crippen molar-refractivity contribution in [2.45, 2.75) is 33.6 Å². The van der Waals surface area contributed by atoms with E-state index in [0.717, 1.165) is 64.9 Å². The van der Waals surface area contributed by atoms with E-state index in [-0.39, 0.29) is 11.7 Å². The fourth-order valence-corrected chi connectivity index (χ4v) is 4.18. The van der Waals surface area contributed by atoms with Gasteiger partial charge in [0.25, 0.3) is 0 Å². The van der Waals surface area contributed by atoms with Gasteiger partial charge in [-0.15, -0.1) is 0 Å². The van der Waals surface area contributed by atoms with Crippen molar-refractivity contribution < 1.29 is 9.18 Å². The van der Waals surface area contributed by atoms with Gasteiger partial charge in [0.1, 0.15) is 5.82 Å². The molecule has 0 bridgehead atoms. The summed E-state index contributed by atoms with van der Waals surface area (Å²) in [7, 11) is 0. The van der Waals surface area contributed by atoms with Crippen LogP contribution in [-0.4, -0.2) is 34.6 Å². The Kier molecular flexibility index (Phi) is 5.22. The summed E-state index contributed by atoms with van der Waals surface area (Å²) in [6.07, 6.45) is 3.87. The van der Waals surface area contributed by atoms with Crippen LogP contribution in [0.5, 0.6) is 0 Å². The minimum atomic E-state index is -0.239. The molecule has 3 aromatic rings. The van der Waals surface area contributed by atoms with Crippen molar-refractivity contribution in [1.82, 2.24) is 9.88 Å². The predicted molar refractivity (Wildman–Crippen MR) is 116 cm³/mol. The second-order valence-corrected chi connectivity index (χ2v) is 7.93. The van der Waals surface area contributed by atoms with E-state index >= 15 is 0 Å². The normalized spacial score (nSPS) is 15.9. The zero-order valence-electron chi connectivity index (χ0n) is 17.1. The zero-order valence-corrected chi connectivity index (χ0v) is 17.1. The van der Waals surface area contributed by atoms with Gasteiger partial charge in [-0.25, -0.2) is 4.39 Å². The number of rotatable bonds is 3. The van der Waals surface area contributed by atoms with Crippen molar-refractivity contribution in [2.24, 2.45) is 10.9 Å². The number of fused-ring (bicyclic) bond motifs is 1. The Morgan fingerprint density at radius 2 is 1.90 bits per heavy atom. The van der Waals surface area contributed by atoms with Crippen molar-refractivity contribution in [3.63, 3.8) is 0 Å². The van der Waals surface area contributed by atoms with Gasteiger partial charge >= 0.3 is 0 Å². The number of aliphatic imine (C=N–C) groups is 1. The van der Waals surface area contributed by atoms with E-state index in [1.165, 1.54) is 12.1 Å². The molecule has 2 heterocycles. The predicted octanol–water partition coefficient (Wildman–Crippen LogP) is 5.63. The lowest BCUT2D eigenvalue weighted by Crippen LogP contribution is -2.38. The lowest BCUT2D eigenvalue weighted by atomic mass is 9.92. The number of likely N-dealkylation sites (tertiary alicyclic amines) is 1. The summed E-state index contributed by atoms with van der Waals surface area (Å²) in [6.45, 7) is 7.42. The van der Waals surface area contributed by atoms with Crippen molar-refractivity contribution in [3.8, 4) is 11.1 Å². The van der Waals surface area contributed by atoms with Gasteiger partial charge in [0.05, 0.1) is 5.69 Å². The summed E-state index contributed by atoms with van der Waals surface area (Å²) < 4.78 is 13.4. The Labute approximate surface area is 170 Å². The number of halogens is 1. The number of aryl methyl sites for hydroxylation is 1. The standard InChI is InChI=1S/C24H26FN3O/c1-15-12-19(22-14-26-24-13-20(25)5-6-21(22)24)4-7-23(15)27-16(2)18-8-10-28(11-9-18)17(3)29/h4-7,12-14,18,26H,8-11H2,1-3H3. The van der Waals surface area contributed by atoms with Crippen molar-refractivity contribution in [3.05, 3.63) is 54.0 Å². The molecule has 1 amide bonds. The summed E-state index contributed by atoms with van der Waals surface area (Å²) in [5.41, 5.74) is 6.17. The molecule has 0 unspecified atom stereocenters. The first-order valence-electron chi connectivity index (χ1n) is 10.1. The second kappa shape index (κ2) is 7.82. The minimum absolute atomic E-state index is 0.157. The number of amides is 1. The molecular weight excluding hydrogens is 365 g/mol. The highest BCUT2D eigenvalue weighted by Gasteiger charge is 2.22. The van der Waals surface area contributed by atoms with Crippen LogP contribution < -0.4 is 0 Å². The number of benzene rings is 2. The Morgan fingerprint density at radius 3 is 2.59 bits per heavy atom. The van der Waals surface area contributed by atoms with Crippen molar-refractivity contribution >= 4 is 28.2 Å². The molecule has 5 heteroatoms. The van der Waals surface area contributed by atoms with E-state index in [2.05, 4.69) is 37.0 Å². The van der Waals surface area contributed by atoms with E-state index in [4.69, 9.17) is 4.99 Å². The zero-order chi connectivity index (χ0) is 20.5. The molecule has 150 valence electrons. The number of H-pyrrole nitrogens is 1. The molecule has 4 nitrogen and oxygen atoms in total. The van der Waals surface area contributed by atoms with E-state index in [1.807, 2.05) is 17.2 Å². The molecular formula is C24H26FN3O. The van der Waals surface area contributed by atoms with Gasteiger partial charge in [0.15, 0.2) is 0 Å². The number of aromatic amines is 1. The molecule has 1 N–H and O–H groups in total. The van der Waals surface area contributed by atoms with Gasteiger partial charge in [-0.1, -0.05) is 6.07 Å². The summed E-state index contributed by atoms with van der Waals surface area (Å²) in [5.74, 6) is 0.342. The number of carbonyl (C=O) groups excluding carboxylic acids is 1. The SMILES string of the molecule is CC(=O)N1CCC(C(C)=Nc2ccc(-c3c[nH]c4cc(F)ccc34)cc2C)CC1. The van der Waals surface area contributed by atoms with Crippen LogP contribution >= 0.6 is 0 Å². The van der Waals surface area contributed by atoms with Crippen molar-refractivity contribution in [2.75, 3.05) is 13.1 Å². The van der Waals surface area contributed by atoms with Crippen LogP contribution in [0, 0.1) is 18.7 Å². The summed E-state index contributed by atoms with van der Waals surface area (Å²) in [6, 6.07) is 11.1.